The van der Waals surface area contributed by atoms with Crippen molar-refractivity contribution in [1.29, 1.82) is 0 Å². The number of piperidine rings is 1. The average Bonchev–Trinajstić information content (AvgIpc) is 3.46. The Morgan fingerprint density at radius 3 is 2.70 bits per heavy atom. The molecule has 0 radical (unpaired) electrons. The largest absolute Gasteiger partial charge is 0.349 e. The zero-order valence-electron chi connectivity index (χ0n) is 18.1. The molecule has 1 atom stereocenters. The van der Waals surface area contributed by atoms with Gasteiger partial charge in [0, 0.05) is 31.4 Å². The molecule has 2 saturated heterocycles. The van der Waals surface area contributed by atoms with E-state index in [9.17, 15) is 18.0 Å². The van der Waals surface area contributed by atoms with Crippen molar-refractivity contribution in [2.45, 2.75) is 44.6 Å². The molecule has 0 spiro atoms. The molecule has 2 aromatic heterocycles. The van der Waals surface area contributed by atoms with Crippen molar-refractivity contribution in [3.05, 3.63) is 53.6 Å². The van der Waals surface area contributed by atoms with E-state index in [-0.39, 0.29) is 17.2 Å². The van der Waals surface area contributed by atoms with Crippen molar-refractivity contribution in [3.8, 4) is 0 Å². The van der Waals surface area contributed by atoms with Crippen LogP contribution in [0, 0.1) is 5.82 Å². The molecule has 1 aromatic carbocycles. The van der Waals surface area contributed by atoms with Crippen LogP contribution in [0.15, 0.2) is 36.7 Å². The fraction of sp³-hybridized carbons (Fsp3) is 0.435. The van der Waals surface area contributed by atoms with Crippen LogP contribution in [0.25, 0.3) is 5.65 Å². The van der Waals surface area contributed by atoms with Gasteiger partial charge in [0.05, 0.1) is 12.2 Å². The Balaban J connectivity index is 1.44. The van der Waals surface area contributed by atoms with E-state index in [0.29, 0.717) is 30.1 Å². The van der Waals surface area contributed by atoms with Gasteiger partial charge in [-0.2, -0.15) is 5.10 Å². The second-order valence-electron chi connectivity index (χ2n) is 8.52. The van der Waals surface area contributed by atoms with Crippen LogP contribution in [0.2, 0.25) is 0 Å². The van der Waals surface area contributed by atoms with Crippen LogP contribution >= 0.6 is 0 Å². The fourth-order valence-corrected chi connectivity index (χ4v) is 4.80. The Morgan fingerprint density at radius 2 is 1.91 bits per heavy atom. The molecule has 7 nitrogen and oxygen atoms in total. The maximum absolute atomic E-state index is 14.0. The van der Waals surface area contributed by atoms with Crippen LogP contribution in [0.3, 0.4) is 0 Å². The van der Waals surface area contributed by atoms with Gasteiger partial charge in [-0.15, -0.1) is 0 Å². The quantitative estimate of drug-likeness (QED) is 0.586. The van der Waals surface area contributed by atoms with Gasteiger partial charge < -0.3 is 15.1 Å². The Hall–Kier alpha value is -3.30. The van der Waals surface area contributed by atoms with Crippen molar-refractivity contribution >= 4 is 23.2 Å². The number of benzene rings is 1. The third kappa shape index (κ3) is 4.21. The van der Waals surface area contributed by atoms with E-state index in [1.807, 2.05) is 4.90 Å². The maximum Gasteiger partial charge on any atom is 0.321 e. The number of halogens is 3. The van der Waals surface area contributed by atoms with Crippen LogP contribution in [-0.4, -0.2) is 45.2 Å². The second kappa shape index (κ2) is 8.92. The molecule has 33 heavy (non-hydrogen) atoms. The van der Waals surface area contributed by atoms with Crippen molar-refractivity contribution in [3.63, 3.8) is 0 Å². The number of nitrogens with zero attached hydrogens (tertiary/aromatic N) is 5. The summed E-state index contributed by atoms with van der Waals surface area (Å²) >= 11 is 0. The van der Waals surface area contributed by atoms with Crippen LogP contribution < -0.4 is 10.2 Å². The van der Waals surface area contributed by atoms with E-state index in [1.54, 1.807) is 27.9 Å². The van der Waals surface area contributed by atoms with E-state index in [1.165, 1.54) is 6.07 Å². The highest BCUT2D eigenvalue weighted by molar-refractivity contribution is 5.93. The van der Waals surface area contributed by atoms with Crippen LogP contribution in [-0.2, 0) is 0 Å². The first-order valence-electron chi connectivity index (χ1n) is 11.3. The smallest absolute Gasteiger partial charge is 0.321 e. The van der Waals surface area contributed by atoms with Crippen LogP contribution in [0.5, 0.6) is 0 Å². The van der Waals surface area contributed by atoms with E-state index < -0.39 is 18.3 Å². The van der Waals surface area contributed by atoms with Crippen molar-refractivity contribution in [2.24, 2.45) is 0 Å². The molecular formula is C23H25F3N6O. The first kappa shape index (κ1) is 21.5. The minimum absolute atomic E-state index is 0.159. The fourth-order valence-electron chi connectivity index (χ4n) is 4.80. The number of likely N-dealkylation sites (tertiary alicyclic amines) is 1. The molecule has 3 aromatic rings. The van der Waals surface area contributed by atoms with Gasteiger partial charge in [-0.25, -0.2) is 27.5 Å². The van der Waals surface area contributed by atoms with Gasteiger partial charge in [0.2, 0.25) is 0 Å². The highest BCUT2D eigenvalue weighted by Crippen LogP contribution is 2.39. The van der Waals surface area contributed by atoms with Crippen molar-refractivity contribution in [1.82, 2.24) is 19.5 Å². The van der Waals surface area contributed by atoms with Crippen molar-refractivity contribution in [2.75, 3.05) is 29.9 Å². The highest BCUT2D eigenvalue weighted by Gasteiger charge is 2.31. The van der Waals surface area contributed by atoms with Crippen molar-refractivity contribution < 1.29 is 18.0 Å². The molecule has 2 amide bonds. The number of fused-ring (bicyclic) bond motifs is 1. The summed E-state index contributed by atoms with van der Waals surface area (Å²) in [5.74, 6) is 0.0339. The lowest BCUT2D eigenvalue weighted by molar-refractivity contribution is 0.149. The Kier molecular flexibility index (Phi) is 5.82. The first-order chi connectivity index (χ1) is 16.0. The van der Waals surface area contributed by atoms with Gasteiger partial charge in [-0.05, 0) is 55.9 Å². The SMILES string of the molecule is O=C(Nc1cnn2ccc(N3CCCC3c3cc(F)ccc3C(F)F)nc12)N1CCCCC1. The molecule has 2 aliphatic rings. The van der Waals surface area contributed by atoms with Crippen LogP contribution in [0.4, 0.5) is 29.5 Å². The summed E-state index contributed by atoms with van der Waals surface area (Å²) in [5, 5.41) is 7.17. The summed E-state index contributed by atoms with van der Waals surface area (Å²) in [6.07, 6.45) is 5.08. The number of carbonyl (C=O) groups is 1. The Morgan fingerprint density at radius 1 is 1.09 bits per heavy atom. The molecule has 0 saturated carbocycles. The van der Waals surface area contributed by atoms with E-state index >= 15 is 0 Å². The van der Waals surface area contributed by atoms with E-state index in [2.05, 4.69) is 10.4 Å². The number of amides is 2. The molecule has 1 N–H and O–H groups in total. The van der Waals surface area contributed by atoms with Gasteiger partial charge in [0.15, 0.2) is 5.65 Å². The number of aromatic nitrogens is 3. The summed E-state index contributed by atoms with van der Waals surface area (Å²) in [6.45, 7) is 2.05. The van der Waals surface area contributed by atoms with Gasteiger partial charge in [0.1, 0.15) is 17.3 Å². The monoisotopic (exact) mass is 458 g/mol. The number of alkyl halides is 2. The van der Waals surface area contributed by atoms with Crippen LogP contribution in [0.1, 0.15) is 55.7 Å². The number of nitrogens with one attached hydrogen (secondary N) is 1. The maximum atomic E-state index is 14.0. The highest BCUT2D eigenvalue weighted by atomic mass is 19.3. The molecule has 1 unspecified atom stereocenters. The van der Waals surface area contributed by atoms with Gasteiger partial charge in [-0.1, -0.05) is 6.07 Å². The molecule has 0 aliphatic carbocycles. The minimum Gasteiger partial charge on any atom is -0.349 e. The molecule has 5 rings (SSSR count). The van der Waals surface area contributed by atoms with Gasteiger partial charge >= 0.3 is 6.03 Å². The lowest BCUT2D eigenvalue weighted by Gasteiger charge is -2.28. The normalized spacial score (nSPS) is 19.0. The predicted octanol–water partition coefficient (Wildman–Crippen LogP) is 5.17. The Bertz CT molecular complexity index is 1160. The number of urea groups is 1. The average molecular weight is 458 g/mol. The van der Waals surface area contributed by atoms with Gasteiger partial charge in [0.25, 0.3) is 6.43 Å². The molecule has 2 aliphatic heterocycles. The van der Waals surface area contributed by atoms with E-state index in [4.69, 9.17) is 4.98 Å². The number of anilines is 2. The molecule has 0 bridgehead atoms. The molecule has 174 valence electrons. The summed E-state index contributed by atoms with van der Waals surface area (Å²) in [7, 11) is 0. The zero-order valence-corrected chi connectivity index (χ0v) is 18.1. The molecular weight excluding hydrogens is 433 g/mol. The molecule has 4 heterocycles. The molecule has 10 heteroatoms. The van der Waals surface area contributed by atoms with Gasteiger partial charge in [-0.3, -0.25) is 0 Å². The molecule has 2 fully saturated rings. The third-order valence-electron chi connectivity index (χ3n) is 6.43. The number of carbonyl (C=O) groups excluding carboxylic acids is 1. The Labute approximate surface area is 189 Å². The second-order valence-corrected chi connectivity index (χ2v) is 8.52. The predicted molar refractivity (Wildman–Crippen MR) is 118 cm³/mol. The third-order valence-corrected chi connectivity index (χ3v) is 6.43. The number of hydrogen-bond acceptors (Lipinski definition) is 4. The summed E-state index contributed by atoms with van der Waals surface area (Å²) in [4.78, 5) is 21.1. The lowest BCUT2D eigenvalue weighted by atomic mass is 9.98. The zero-order chi connectivity index (χ0) is 22.9. The number of hydrogen-bond donors (Lipinski definition) is 1. The minimum atomic E-state index is -2.69. The van der Waals surface area contributed by atoms with E-state index in [0.717, 1.165) is 50.9 Å². The standard InChI is InChI=1S/C23H25F3N6O/c24-15-6-7-16(21(25)26)17(13-15)19-5-4-11-31(19)20-8-12-32-22(29-20)18(14-27-32)28-23(33)30-9-2-1-3-10-30/h6-8,12-14,19,21H,1-5,9-11H2,(H,28,33). The lowest BCUT2D eigenvalue weighted by Crippen LogP contribution is -2.38. The summed E-state index contributed by atoms with van der Waals surface area (Å²) in [5.41, 5.74) is 1.09. The summed E-state index contributed by atoms with van der Waals surface area (Å²) in [6, 6.07) is 4.60. The first-order valence-corrected chi connectivity index (χ1v) is 11.3. The topological polar surface area (TPSA) is 65.8 Å². The summed E-state index contributed by atoms with van der Waals surface area (Å²) < 4.78 is 42.8. The number of rotatable bonds is 4.